The summed E-state index contributed by atoms with van der Waals surface area (Å²) >= 11 is 0. The zero-order chi connectivity index (χ0) is 8.43. The molecule has 1 heterocycles. The van der Waals surface area contributed by atoms with Crippen molar-refractivity contribution in [2.45, 2.75) is 0 Å². The second-order valence-corrected chi connectivity index (χ2v) is 2.22. The molecule has 0 fully saturated rings. The molecule has 0 radical (unpaired) electrons. The first kappa shape index (κ1) is 7.52. The molecule has 1 rings (SSSR count). The van der Waals surface area contributed by atoms with E-state index in [9.17, 15) is 9.59 Å². The smallest absolute Gasteiger partial charge is 0.342 e. The molecular formula is C5H8N4O2. The van der Waals surface area contributed by atoms with Crippen LogP contribution in [0.25, 0.3) is 0 Å². The van der Waals surface area contributed by atoms with Gasteiger partial charge >= 0.3 is 5.69 Å². The molecular weight excluding hydrogens is 148 g/mol. The second-order valence-electron chi connectivity index (χ2n) is 2.22. The third-order valence-electron chi connectivity index (χ3n) is 1.12. The van der Waals surface area contributed by atoms with Gasteiger partial charge in [-0.3, -0.25) is 9.78 Å². The zero-order valence-electron chi connectivity index (χ0n) is 6.21. The van der Waals surface area contributed by atoms with E-state index in [1.165, 1.54) is 4.90 Å². The summed E-state index contributed by atoms with van der Waals surface area (Å²) in [7, 11) is 3.33. The van der Waals surface area contributed by atoms with Gasteiger partial charge in [0.25, 0.3) is 5.56 Å². The third kappa shape index (κ3) is 1.46. The lowest BCUT2D eigenvalue weighted by Crippen LogP contribution is -2.30. The van der Waals surface area contributed by atoms with E-state index < -0.39 is 11.2 Å². The van der Waals surface area contributed by atoms with Crippen LogP contribution in [-0.2, 0) is 0 Å². The van der Waals surface area contributed by atoms with Crippen LogP contribution in [0.15, 0.2) is 9.59 Å². The molecule has 0 unspecified atom stereocenters. The Kier molecular flexibility index (Phi) is 1.75. The average molecular weight is 156 g/mol. The van der Waals surface area contributed by atoms with Gasteiger partial charge < -0.3 is 4.90 Å². The van der Waals surface area contributed by atoms with Crippen molar-refractivity contribution in [2.24, 2.45) is 0 Å². The molecule has 60 valence electrons. The lowest BCUT2D eigenvalue weighted by atomic mass is 10.6. The standard InChI is InChI=1S/C5H8N4O2/c1-9(2)3-4(10)6-5(11)8-7-3/h1-2H3,(H2,6,8,10,11). The number of anilines is 1. The van der Waals surface area contributed by atoms with Crippen molar-refractivity contribution >= 4 is 5.82 Å². The third-order valence-corrected chi connectivity index (χ3v) is 1.12. The van der Waals surface area contributed by atoms with Gasteiger partial charge in [0.1, 0.15) is 0 Å². The topological polar surface area (TPSA) is 81.8 Å². The molecule has 0 spiro atoms. The Morgan fingerprint density at radius 1 is 1.36 bits per heavy atom. The van der Waals surface area contributed by atoms with Gasteiger partial charge in [0.15, 0.2) is 0 Å². The van der Waals surface area contributed by atoms with E-state index >= 15 is 0 Å². The number of hydrogen-bond acceptors (Lipinski definition) is 4. The first-order valence-corrected chi connectivity index (χ1v) is 2.97. The molecule has 2 N–H and O–H groups in total. The second kappa shape index (κ2) is 2.57. The number of nitrogens with one attached hydrogen (secondary N) is 2. The molecule has 6 heteroatoms. The van der Waals surface area contributed by atoms with E-state index in [1.807, 2.05) is 4.98 Å². The first-order valence-electron chi connectivity index (χ1n) is 2.97. The molecule has 0 bridgehead atoms. The Balaban J connectivity index is 3.32. The summed E-state index contributed by atoms with van der Waals surface area (Å²) in [5, 5.41) is 5.64. The molecule has 0 aliphatic rings. The van der Waals surface area contributed by atoms with Crippen LogP contribution in [0, 0.1) is 0 Å². The normalized spacial score (nSPS) is 9.64. The fourth-order valence-electron chi connectivity index (χ4n) is 0.645. The van der Waals surface area contributed by atoms with Crippen LogP contribution >= 0.6 is 0 Å². The average Bonchev–Trinajstić information content (AvgIpc) is 1.85. The Morgan fingerprint density at radius 2 is 2.00 bits per heavy atom. The minimum absolute atomic E-state index is 0.185. The van der Waals surface area contributed by atoms with Gasteiger partial charge in [-0.25, -0.2) is 9.89 Å². The summed E-state index contributed by atoms with van der Waals surface area (Å²) in [6.07, 6.45) is 0. The van der Waals surface area contributed by atoms with Gasteiger partial charge in [-0.2, -0.15) is 0 Å². The number of nitrogens with zero attached hydrogens (tertiary/aromatic N) is 2. The molecule has 0 aliphatic carbocycles. The fraction of sp³-hybridized carbons (Fsp3) is 0.400. The van der Waals surface area contributed by atoms with Crippen LogP contribution in [0.1, 0.15) is 0 Å². The van der Waals surface area contributed by atoms with Crippen molar-refractivity contribution in [3.63, 3.8) is 0 Å². The lowest BCUT2D eigenvalue weighted by Gasteiger charge is -2.06. The summed E-state index contributed by atoms with van der Waals surface area (Å²) in [4.78, 5) is 24.9. The van der Waals surface area contributed by atoms with Crippen molar-refractivity contribution in [3.8, 4) is 0 Å². The summed E-state index contributed by atoms with van der Waals surface area (Å²) < 4.78 is 0. The predicted molar refractivity (Wildman–Crippen MR) is 39.8 cm³/mol. The van der Waals surface area contributed by atoms with Gasteiger partial charge in [0.05, 0.1) is 0 Å². The summed E-state index contributed by atoms with van der Waals surface area (Å²) in [6, 6.07) is 0. The van der Waals surface area contributed by atoms with Crippen molar-refractivity contribution in [3.05, 3.63) is 20.8 Å². The Bertz CT molecular complexity index is 350. The van der Waals surface area contributed by atoms with Crippen LogP contribution in [0.2, 0.25) is 0 Å². The van der Waals surface area contributed by atoms with Crippen molar-refractivity contribution < 1.29 is 0 Å². The molecule has 0 saturated heterocycles. The monoisotopic (exact) mass is 156 g/mol. The maximum Gasteiger partial charge on any atom is 0.342 e. The number of aromatic nitrogens is 3. The van der Waals surface area contributed by atoms with Crippen molar-refractivity contribution in [1.82, 2.24) is 15.2 Å². The molecule has 0 amide bonds. The number of hydrogen-bond donors (Lipinski definition) is 2. The minimum atomic E-state index is -0.597. The van der Waals surface area contributed by atoms with E-state index in [4.69, 9.17) is 0 Å². The summed E-state index contributed by atoms with van der Waals surface area (Å²) in [5.41, 5.74) is -1.08. The van der Waals surface area contributed by atoms with E-state index in [-0.39, 0.29) is 5.82 Å². The van der Waals surface area contributed by atoms with E-state index in [1.54, 1.807) is 14.1 Å². The van der Waals surface area contributed by atoms with Crippen LogP contribution in [0.4, 0.5) is 5.82 Å². The van der Waals surface area contributed by atoms with Gasteiger partial charge in [-0.15, -0.1) is 5.10 Å². The number of H-pyrrole nitrogens is 2. The maximum absolute atomic E-state index is 10.9. The van der Waals surface area contributed by atoms with E-state index in [2.05, 4.69) is 10.2 Å². The lowest BCUT2D eigenvalue weighted by molar-refractivity contribution is 0.860. The van der Waals surface area contributed by atoms with Gasteiger partial charge in [0, 0.05) is 14.1 Å². The van der Waals surface area contributed by atoms with Gasteiger partial charge in [-0.05, 0) is 0 Å². The summed E-state index contributed by atoms with van der Waals surface area (Å²) in [5.74, 6) is 0.185. The molecule has 11 heavy (non-hydrogen) atoms. The molecule has 6 nitrogen and oxygen atoms in total. The number of aromatic amines is 2. The predicted octanol–water partition coefficient (Wildman–Crippen LogP) is -1.48. The zero-order valence-corrected chi connectivity index (χ0v) is 6.21. The molecule has 0 aromatic carbocycles. The fourth-order valence-corrected chi connectivity index (χ4v) is 0.645. The van der Waals surface area contributed by atoms with Crippen molar-refractivity contribution in [2.75, 3.05) is 19.0 Å². The Hall–Kier alpha value is -1.59. The number of rotatable bonds is 1. The minimum Gasteiger partial charge on any atom is -0.357 e. The van der Waals surface area contributed by atoms with Gasteiger partial charge in [0.2, 0.25) is 5.82 Å². The molecule has 0 aliphatic heterocycles. The SMILES string of the molecule is CN(C)c1n[nH]c(=O)[nH]c1=O. The largest absolute Gasteiger partial charge is 0.357 e. The van der Waals surface area contributed by atoms with Crippen LogP contribution in [0.3, 0.4) is 0 Å². The first-order chi connectivity index (χ1) is 5.11. The highest BCUT2D eigenvalue weighted by atomic mass is 16.2. The Labute approximate surface area is 61.9 Å². The molecule has 1 aromatic rings. The highest BCUT2D eigenvalue weighted by Crippen LogP contribution is 1.89. The quantitative estimate of drug-likeness (QED) is 0.519. The molecule has 0 saturated carbocycles. The van der Waals surface area contributed by atoms with Crippen molar-refractivity contribution in [1.29, 1.82) is 0 Å². The highest BCUT2D eigenvalue weighted by Gasteiger charge is 2.01. The Morgan fingerprint density at radius 3 is 2.45 bits per heavy atom. The van der Waals surface area contributed by atoms with Crippen LogP contribution in [-0.4, -0.2) is 29.3 Å². The maximum atomic E-state index is 10.9. The molecule has 0 atom stereocenters. The van der Waals surface area contributed by atoms with E-state index in [0.29, 0.717) is 0 Å². The van der Waals surface area contributed by atoms with Crippen LogP contribution in [0.5, 0.6) is 0 Å². The molecule has 1 aromatic heterocycles. The van der Waals surface area contributed by atoms with E-state index in [0.717, 1.165) is 0 Å². The van der Waals surface area contributed by atoms with Crippen LogP contribution < -0.4 is 16.1 Å². The summed E-state index contributed by atoms with van der Waals surface area (Å²) in [6.45, 7) is 0. The highest BCUT2D eigenvalue weighted by molar-refractivity contribution is 5.30. The van der Waals surface area contributed by atoms with Gasteiger partial charge in [-0.1, -0.05) is 0 Å².